The van der Waals surface area contributed by atoms with Crippen molar-refractivity contribution < 1.29 is 24.7 Å². The Morgan fingerprint density at radius 1 is 1.58 bits per heavy atom. The van der Waals surface area contributed by atoms with Gasteiger partial charge in [0.2, 0.25) is 0 Å². The summed E-state index contributed by atoms with van der Waals surface area (Å²) in [5.41, 5.74) is -0.156. The van der Waals surface area contributed by atoms with Gasteiger partial charge in [-0.25, -0.2) is 4.79 Å². The quantitative estimate of drug-likeness (QED) is 0.446. The van der Waals surface area contributed by atoms with Gasteiger partial charge in [-0.2, -0.15) is 0 Å². The highest BCUT2D eigenvalue weighted by atomic mass is 16.6. The fourth-order valence-electron chi connectivity index (χ4n) is 1.42. The highest BCUT2D eigenvalue weighted by Crippen LogP contribution is 2.23. The van der Waals surface area contributed by atoms with E-state index in [0.717, 1.165) is 12.3 Å². The molecule has 1 aromatic rings. The third-order valence-corrected chi connectivity index (χ3v) is 2.45. The van der Waals surface area contributed by atoms with E-state index in [-0.39, 0.29) is 23.6 Å². The Morgan fingerprint density at radius 3 is 2.74 bits per heavy atom. The van der Waals surface area contributed by atoms with Gasteiger partial charge in [-0.1, -0.05) is 0 Å². The van der Waals surface area contributed by atoms with Gasteiger partial charge in [0.1, 0.15) is 11.8 Å². The van der Waals surface area contributed by atoms with E-state index in [1.54, 1.807) is 6.92 Å². The Morgan fingerprint density at radius 2 is 2.21 bits per heavy atom. The van der Waals surface area contributed by atoms with Gasteiger partial charge in [0, 0.05) is 17.8 Å². The monoisotopic (exact) mass is 270 g/mol. The van der Waals surface area contributed by atoms with Gasteiger partial charge in [0.05, 0.1) is 11.5 Å². The molecular formula is C11H14N2O6. The Balaban J connectivity index is 3.00. The first-order valence-corrected chi connectivity index (χ1v) is 5.52. The average molecular weight is 270 g/mol. The molecule has 1 heterocycles. The number of nitro groups is 1. The van der Waals surface area contributed by atoms with Crippen molar-refractivity contribution in [2.45, 2.75) is 26.1 Å². The van der Waals surface area contributed by atoms with Crippen molar-refractivity contribution in [3.8, 4) is 0 Å². The lowest BCUT2D eigenvalue weighted by Crippen LogP contribution is -2.30. The largest absolute Gasteiger partial charge is 0.464 e. The smallest absolute Gasteiger partial charge is 0.338 e. The molecule has 0 amide bonds. The molecule has 8 nitrogen and oxygen atoms in total. The Hall–Kier alpha value is -2.06. The Kier molecular flexibility index (Phi) is 4.90. The number of carbonyl (C=O) groups is 1. The molecule has 1 aromatic heterocycles. The number of carbonyl (C=O) groups excluding carboxylic acids is 1. The van der Waals surface area contributed by atoms with Gasteiger partial charge in [-0.15, -0.1) is 0 Å². The van der Waals surface area contributed by atoms with Gasteiger partial charge in [0.15, 0.2) is 6.10 Å². The van der Waals surface area contributed by atoms with E-state index in [1.807, 2.05) is 0 Å². The molecule has 0 aromatic carbocycles. The minimum atomic E-state index is -1.82. The summed E-state index contributed by atoms with van der Waals surface area (Å²) in [6.07, 6.45) is -2.29. The van der Waals surface area contributed by atoms with Crippen LogP contribution >= 0.6 is 0 Å². The van der Waals surface area contributed by atoms with Gasteiger partial charge in [-0.3, -0.25) is 15.1 Å². The highest BCUT2D eigenvalue weighted by molar-refractivity contribution is 5.75. The molecular weight excluding hydrogens is 256 g/mol. The number of ether oxygens (including phenoxy) is 1. The first-order chi connectivity index (χ1) is 8.88. The van der Waals surface area contributed by atoms with Crippen LogP contribution in [0.4, 0.5) is 5.69 Å². The van der Waals surface area contributed by atoms with E-state index >= 15 is 0 Å². The summed E-state index contributed by atoms with van der Waals surface area (Å²) in [5, 5.41) is 30.0. The third kappa shape index (κ3) is 3.46. The number of aliphatic hydroxyl groups excluding tert-OH is 2. The maximum atomic E-state index is 11.3. The van der Waals surface area contributed by atoms with Gasteiger partial charge in [0.25, 0.3) is 5.69 Å². The number of nitrogens with zero attached hydrogens (tertiary/aromatic N) is 2. The second-order valence-electron chi connectivity index (χ2n) is 3.77. The number of pyridine rings is 1. The molecule has 2 unspecified atom stereocenters. The van der Waals surface area contributed by atoms with Crippen LogP contribution in [0.1, 0.15) is 24.3 Å². The lowest BCUT2D eigenvalue weighted by atomic mass is 10.1. The molecule has 1 rings (SSSR count). The summed E-state index contributed by atoms with van der Waals surface area (Å²) in [6.45, 7) is 3.04. The zero-order chi connectivity index (χ0) is 14.6. The number of hydrogen-bond acceptors (Lipinski definition) is 7. The topological polar surface area (TPSA) is 123 Å². The van der Waals surface area contributed by atoms with Crippen LogP contribution in [0.25, 0.3) is 0 Å². The molecule has 0 spiro atoms. The molecule has 0 saturated carbocycles. The molecule has 0 aliphatic rings. The molecule has 0 fully saturated rings. The van der Waals surface area contributed by atoms with Crippen LogP contribution in [0.3, 0.4) is 0 Å². The Bertz CT molecular complexity index is 490. The number of rotatable bonds is 5. The molecule has 2 N–H and O–H groups in total. The van der Waals surface area contributed by atoms with Crippen LogP contribution < -0.4 is 0 Å². The van der Waals surface area contributed by atoms with Crippen molar-refractivity contribution in [1.29, 1.82) is 0 Å². The van der Waals surface area contributed by atoms with Crippen LogP contribution in [0.15, 0.2) is 12.3 Å². The van der Waals surface area contributed by atoms with Crippen LogP contribution in [-0.4, -0.2) is 38.8 Å². The van der Waals surface area contributed by atoms with Crippen molar-refractivity contribution in [2.24, 2.45) is 0 Å². The lowest BCUT2D eigenvalue weighted by molar-refractivity contribution is -0.385. The molecule has 8 heteroatoms. The molecule has 2 atom stereocenters. The normalized spacial score (nSPS) is 13.7. The molecule has 0 radical (unpaired) electrons. The maximum Gasteiger partial charge on any atom is 0.338 e. The predicted octanol–water partition coefficient (Wildman–Crippen LogP) is 0.256. The van der Waals surface area contributed by atoms with Crippen molar-refractivity contribution in [1.82, 2.24) is 4.98 Å². The zero-order valence-electron chi connectivity index (χ0n) is 10.4. The molecule has 104 valence electrons. The minimum absolute atomic E-state index is 0.0298. The summed E-state index contributed by atoms with van der Waals surface area (Å²) >= 11 is 0. The maximum absolute atomic E-state index is 11.3. The SMILES string of the molecule is CCOC(=O)C(O)C(O)c1cnc(C)c([N+](=O)[O-])c1. The molecule has 0 aliphatic heterocycles. The number of hydrogen-bond donors (Lipinski definition) is 2. The number of aliphatic hydroxyl groups is 2. The molecule has 19 heavy (non-hydrogen) atoms. The summed E-state index contributed by atoms with van der Waals surface area (Å²) < 4.78 is 4.54. The van der Waals surface area contributed by atoms with Crippen LogP contribution in [0.2, 0.25) is 0 Å². The van der Waals surface area contributed by atoms with E-state index in [1.165, 1.54) is 6.92 Å². The molecule has 0 aliphatic carbocycles. The van der Waals surface area contributed by atoms with Crippen molar-refractivity contribution in [3.63, 3.8) is 0 Å². The molecule has 0 saturated heterocycles. The second kappa shape index (κ2) is 6.21. The van der Waals surface area contributed by atoms with Crippen molar-refractivity contribution >= 4 is 11.7 Å². The third-order valence-electron chi connectivity index (χ3n) is 2.45. The van der Waals surface area contributed by atoms with E-state index in [9.17, 15) is 25.1 Å². The fraction of sp³-hybridized carbons (Fsp3) is 0.455. The second-order valence-corrected chi connectivity index (χ2v) is 3.77. The first kappa shape index (κ1) is 15.0. The van der Waals surface area contributed by atoms with Gasteiger partial charge in [-0.05, 0) is 13.8 Å². The average Bonchev–Trinajstić information content (AvgIpc) is 2.37. The lowest BCUT2D eigenvalue weighted by Gasteiger charge is -2.16. The van der Waals surface area contributed by atoms with E-state index in [4.69, 9.17) is 0 Å². The van der Waals surface area contributed by atoms with Crippen LogP contribution in [0.5, 0.6) is 0 Å². The summed E-state index contributed by atoms with van der Waals surface area (Å²) in [4.78, 5) is 25.1. The predicted molar refractivity (Wildman–Crippen MR) is 63.2 cm³/mol. The van der Waals surface area contributed by atoms with Crippen LogP contribution in [-0.2, 0) is 9.53 Å². The Labute approximate surface area is 108 Å². The number of aromatic nitrogens is 1. The minimum Gasteiger partial charge on any atom is -0.464 e. The van der Waals surface area contributed by atoms with E-state index < -0.39 is 23.1 Å². The van der Waals surface area contributed by atoms with E-state index in [0.29, 0.717) is 0 Å². The fourth-order valence-corrected chi connectivity index (χ4v) is 1.42. The summed E-state index contributed by atoms with van der Waals surface area (Å²) in [5.74, 6) is -1.00. The van der Waals surface area contributed by atoms with Crippen molar-refractivity contribution in [2.75, 3.05) is 6.61 Å². The summed E-state index contributed by atoms with van der Waals surface area (Å²) in [7, 11) is 0. The summed E-state index contributed by atoms with van der Waals surface area (Å²) in [6, 6.07) is 1.06. The zero-order valence-corrected chi connectivity index (χ0v) is 10.4. The molecule has 0 bridgehead atoms. The van der Waals surface area contributed by atoms with Crippen molar-refractivity contribution in [3.05, 3.63) is 33.6 Å². The number of esters is 1. The highest BCUT2D eigenvalue weighted by Gasteiger charge is 2.28. The van der Waals surface area contributed by atoms with Crippen LogP contribution in [0, 0.1) is 17.0 Å². The number of aryl methyl sites for hydroxylation is 1. The van der Waals surface area contributed by atoms with E-state index in [2.05, 4.69) is 9.72 Å². The standard InChI is InChI=1S/C11H14N2O6/c1-3-19-11(16)10(15)9(14)7-4-8(13(17)18)6(2)12-5-7/h4-5,9-10,14-15H,3H2,1-2H3. The first-order valence-electron chi connectivity index (χ1n) is 5.52. The van der Waals surface area contributed by atoms with Gasteiger partial charge >= 0.3 is 5.97 Å². The van der Waals surface area contributed by atoms with Gasteiger partial charge < -0.3 is 14.9 Å².